The van der Waals surface area contributed by atoms with Gasteiger partial charge in [-0.05, 0) is 38.4 Å². The number of furan rings is 1. The summed E-state index contributed by atoms with van der Waals surface area (Å²) in [6, 6.07) is 3.84. The second kappa shape index (κ2) is 6.74. The summed E-state index contributed by atoms with van der Waals surface area (Å²) in [6.45, 7) is 4.10. The van der Waals surface area contributed by atoms with Crippen molar-refractivity contribution in [3.05, 3.63) is 36.8 Å². The van der Waals surface area contributed by atoms with Crippen LogP contribution in [0, 0.1) is 0 Å². The second-order valence-corrected chi connectivity index (χ2v) is 5.62. The number of hydrogen-bond acceptors (Lipinski definition) is 5. The first kappa shape index (κ1) is 14.8. The van der Waals surface area contributed by atoms with Gasteiger partial charge in [0.05, 0.1) is 25.4 Å². The maximum absolute atomic E-state index is 12.3. The first-order valence-corrected chi connectivity index (χ1v) is 7.62. The van der Waals surface area contributed by atoms with Gasteiger partial charge in [-0.1, -0.05) is 0 Å². The molecule has 118 valence electrons. The molecule has 0 aromatic carbocycles. The van der Waals surface area contributed by atoms with Crippen molar-refractivity contribution >= 4 is 5.91 Å². The molecule has 0 saturated carbocycles. The standard InChI is InChI=1S/C15H21N5O2/c1-12(15(21)17-8-14-5-3-7-22-14)20-6-2-4-13(20)9-19-11-16-10-18-19/h3,5,7,10-13H,2,4,6,8-9H2,1H3,(H,17,21)/t12-,13+/m0/s1. The van der Waals surface area contributed by atoms with E-state index in [2.05, 4.69) is 20.3 Å². The molecule has 7 heteroatoms. The number of hydrogen-bond donors (Lipinski definition) is 1. The minimum atomic E-state index is -0.161. The highest BCUT2D eigenvalue weighted by atomic mass is 16.3. The number of carbonyl (C=O) groups excluding carboxylic acids is 1. The normalized spacial score (nSPS) is 20.1. The lowest BCUT2D eigenvalue weighted by atomic mass is 10.2. The molecule has 3 rings (SSSR count). The Labute approximate surface area is 129 Å². The highest BCUT2D eigenvalue weighted by Gasteiger charge is 2.32. The van der Waals surface area contributed by atoms with Crippen molar-refractivity contribution in [3.63, 3.8) is 0 Å². The summed E-state index contributed by atoms with van der Waals surface area (Å²) in [5, 5.41) is 7.09. The van der Waals surface area contributed by atoms with Crippen LogP contribution < -0.4 is 5.32 Å². The van der Waals surface area contributed by atoms with E-state index in [1.807, 2.05) is 23.7 Å². The van der Waals surface area contributed by atoms with E-state index in [0.717, 1.165) is 31.7 Å². The monoisotopic (exact) mass is 303 g/mol. The van der Waals surface area contributed by atoms with Crippen LogP contribution in [-0.2, 0) is 17.9 Å². The number of nitrogens with one attached hydrogen (secondary N) is 1. The van der Waals surface area contributed by atoms with E-state index >= 15 is 0 Å². The van der Waals surface area contributed by atoms with Crippen molar-refractivity contribution in [2.45, 2.75) is 44.9 Å². The highest BCUT2D eigenvalue weighted by Crippen LogP contribution is 2.21. The van der Waals surface area contributed by atoms with Gasteiger partial charge in [0.2, 0.25) is 5.91 Å². The van der Waals surface area contributed by atoms with E-state index in [4.69, 9.17) is 4.42 Å². The Morgan fingerprint density at radius 2 is 2.50 bits per heavy atom. The van der Waals surface area contributed by atoms with Gasteiger partial charge in [0.25, 0.3) is 0 Å². The Hall–Kier alpha value is -2.15. The molecule has 1 N–H and O–H groups in total. The van der Waals surface area contributed by atoms with Crippen LogP contribution in [0.1, 0.15) is 25.5 Å². The van der Waals surface area contributed by atoms with Crippen LogP contribution in [-0.4, -0.2) is 44.2 Å². The largest absolute Gasteiger partial charge is 0.467 e. The van der Waals surface area contributed by atoms with Gasteiger partial charge in [-0.2, -0.15) is 5.10 Å². The van der Waals surface area contributed by atoms with Gasteiger partial charge in [-0.15, -0.1) is 0 Å². The molecule has 7 nitrogen and oxygen atoms in total. The third-order valence-electron chi connectivity index (χ3n) is 4.18. The topological polar surface area (TPSA) is 76.2 Å². The number of aromatic nitrogens is 3. The van der Waals surface area contributed by atoms with E-state index in [-0.39, 0.29) is 11.9 Å². The number of rotatable bonds is 6. The van der Waals surface area contributed by atoms with Gasteiger partial charge < -0.3 is 9.73 Å². The second-order valence-electron chi connectivity index (χ2n) is 5.62. The molecule has 3 heterocycles. The molecule has 2 aromatic rings. The van der Waals surface area contributed by atoms with Crippen LogP contribution in [0.2, 0.25) is 0 Å². The first-order chi connectivity index (χ1) is 10.7. The van der Waals surface area contributed by atoms with Gasteiger partial charge in [-0.25, -0.2) is 4.98 Å². The summed E-state index contributed by atoms with van der Waals surface area (Å²) in [6.07, 6.45) is 7.06. The molecule has 0 radical (unpaired) electrons. The summed E-state index contributed by atoms with van der Waals surface area (Å²) in [5.74, 6) is 0.794. The van der Waals surface area contributed by atoms with Crippen LogP contribution >= 0.6 is 0 Å². The number of likely N-dealkylation sites (tertiary alicyclic amines) is 1. The number of amides is 1. The quantitative estimate of drug-likeness (QED) is 0.863. The molecular weight excluding hydrogens is 282 g/mol. The molecule has 1 fully saturated rings. The molecule has 0 unspecified atom stereocenters. The van der Waals surface area contributed by atoms with Crippen molar-refractivity contribution in [1.29, 1.82) is 0 Å². The zero-order valence-corrected chi connectivity index (χ0v) is 12.7. The highest BCUT2D eigenvalue weighted by molar-refractivity contribution is 5.81. The lowest BCUT2D eigenvalue weighted by molar-refractivity contribution is -0.126. The maximum atomic E-state index is 12.3. The Kier molecular flexibility index (Phi) is 4.53. The van der Waals surface area contributed by atoms with Crippen molar-refractivity contribution in [2.75, 3.05) is 6.54 Å². The Morgan fingerprint density at radius 1 is 1.59 bits per heavy atom. The summed E-state index contributed by atoms with van der Waals surface area (Å²) in [7, 11) is 0. The van der Waals surface area contributed by atoms with Gasteiger partial charge in [0.1, 0.15) is 18.4 Å². The molecule has 0 aliphatic carbocycles. The van der Waals surface area contributed by atoms with Crippen molar-refractivity contribution < 1.29 is 9.21 Å². The molecule has 1 aliphatic heterocycles. The lowest BCUT2D eigenvalue weighted by Crippen LogP contribution is -2.48. The maximum Gasteiger partial charge on any atom is 0.237 e. The fraction of sp³-hybridized carbons (Fsp3) is 0.533. The van der Waals surface area contributed by atoms with Crippen LogP contribution in [0.5, 0.6) is 0 Å². The van der Waals surface area contributed by atoms with E-state index < -0.39 is 0 Å². The molecule has 0 spiro atoms. The van der Waals surface area contributed by atoms with E-state index in [1.165, 1.54) is 0 Å². The molecule has 1 saturated heterocycles. The lowest BCUT2D eigenvalue weighted by Gasteiger charge is -2.29. The van der Waals surface area contributed by atoms with Crippen LogP contribution in [0.3, 0.4) is 0 Å². The predicted molar refractivity (Wildman–Crippen MR) is 79.8 cm³/mol. The Morgan fingerprint density at radius 3 is 3.23 bits per heavy atom. The molecular formula is C15H21N5O2. The summed E-state index contributed by atoms with van der Waals surface area (Å²) < 4.78 is 7.06. The third kappa shape index (κ3) is 3.36. The fourth-order valence-corrected chi connectivity index (χ4v) is 2.99. The van der Waals surface area contributed by atoms with Crippen LogP contribution in [0.4, 0.5) is 0 Å². The summed E-state index contributed by atoms with van der Waals surface area (Å²) in [5.41, 5.74) is 0. The van der Waals surface area contributed by atoms with Gasteiger partial charge in [0.15, 0.2) is 0 Å². The van der Waals surface area contributed by atoms with Gasteiger partial charge >= 0.3 is 0 Å². The average Bonchev–Trinajstić information content (AvgIpc) is 3.27. The summed E-state index contributed by atoms with van der Waals surface area (Å²) >= 11 is 0. The van der Waals surface area contributed by atoms with Crippen molar-refractivity contribution in [1.82, 2.24) is 25.0 Å². The molecule has 0 bridgehead atoms. The Balaban J connectivity index is 1.55. The summed E-state index contributed by atoms with van der Waals surface area (Å²) in [4.78, 5) is 18.6. The SMILES string of the molecule is C[C@@H](C(=O)NCc1ccco1)N1CCC[C@@H]1Cn1cncn1. The van der Waals surface area contributed by atoms with E-state index in [0.29, 0.717) is 12.6 Å². The smallest absolute Gasteiger partial charge is 0.237 e. The van der Waals surface area contributed by atoms with Gasteiger partial charge in [0, 0.05) is 6.04 Å². The van der Waals surface area contributed by atoms with Crippen LogP contribution in [0.25, 0.3) is 0 Å². The van der Waals surface area contributed by atoms with Crippen LogP contribution in [0.15, 0.2) is 35.5 Å². The van der Waals surface area contributed by atoms with E-state index in [1.54, 1.807) is 18.9 Å². The minimum Gasteiger partial charge on any atom is -0.467 e. The molecule has 2 aromatic heterocycles. The molecule has 2 atom stereocenters. The van der Waals surface area contributed by atoms with Crippen molar-refractivity contribution in [2.24, 2.45) is 0 Å². The third-order valence-corrected chi connectivity index (χ3v) is 4.18. The van der Waals surface area contributed by atoms with Crippen molar-refractivity contribution in [3.8, 4) is 0 Å². The predicted octanol–water partition coefficient (Wildman–Crippen LogP) is 1.04. The van der Waals surface area contributed by atoms with E-state index in [9.17, 15) is 4.79 Å². The Bertz CT molecular complexity index is 581. The zero-order chi connectivity index (χ0) is 15.4. The molecule has 22 heavy (non-hydrogen) atoms. The van der Waals surface area contributed by atoms with Gasteiger partial charge in [-0.3, -0.25) is 14.4 Å². The molecule has 1 aliphatic rings. The molecule has 1 amide bonds. The first-order valence-electron chi connectivity index (χ1n) is 7.62. The minimum absolute atomic E-state index is 0.0295. The fourth-order valence-electron chi connectivity index (χ4n) is 2.99. The number of nitrogens with zero attached hydrogens (tertiary/aromatic N) is 4. The number of carbonyl (C=O) groups is 1. The average molecular weight is 303 g/mol. The zero-order valence-electron chi connectivity index (χ0n) is 12.7.